The maximum Gasteiger partial charge on any atom is 0.225 e. The molecule has 0 aliphatic carbocycles. The Hall–Kier alpha value is -2.22. The third kappa shape index (κ3) is 7.50. The third-order valence-corrected chi connectivity index (χ3v) is 10.2. The molecule has 39 heavy (non-hydrogen) atoms. The van der Waals surface area contributed by atoms with Crippen molar-refractivity contribution in [2.45, 2.75) is 25.0 Å². The SMILES string of the molecule is CN1CCN(c2ncc(Oc3cc(CN4CCC(P(C)(C)=O)CC4)cc(-c4cc(Cl)cc(Cl)c4)n3)cn2)CC1. The molecule has 0 atom stereocenters. The minimum atomic E-state index is -2.07. The molecule has 1 aromatic carbocycles. The topological polar surface area (TPSA) is 74.7 Å². The van der Waals surface area contributed by atoms with Gasteiger partial charge in [-0.15, -0.1) is 0 Å². The number of anilines is 1. The zero-order chi connectivity index (χ0) is 27.6. The fraction of sp³-hybridized carbons (Fsp3) is 0.464. The second-order valence-corrected chi connectivity index (χ2v) is 15.4. The summed E-state index contributed by atoms with van der Waals surface area (Å²) in [5.74, 6) is 1.68. The maximum absolute atomic E-state index is 12.6. The molecule has 0 amide bonds. The predicted octanol–water partition coefficient (Wildman–Crippen LogP) is 5.98. The number of piperidine rings is 1. The van der Waals surface area contributed by atoms with Gasteiger partial charge in [0, 0.05) is 60.1 Å². The van der Waals surface area contributed by atoms with Crippen LogP contribution in [0.1, 0.15) is 18.4 Å². The lowest BCUT2D eigenvalue weighted by molar-refractivity contribution is 0.221. The van der Waals surface area contributed by atoms with Crippen LogP contribution in [0.25, 0.3) is 11.3 Å². The number of hydrogen-bond acceptors (Lipinski definition) is 8. The van der Waals surface area contributed by atoms with E-state index < -0.39 is 7.14 Å². The van der Waals surface area contributed by atoms with Crippen LogP contribution in [0.3, 0.4) is 0 Å². The highest BCUT2D eigenvalue weighted by molar-refractivity contribution is 7.63. The summed E-state index contributed by atoms with van der Waals surface area (Å²) in [5, 5.41) is 1.09. The molecule has 2 aliphatic heterocycles. The van der Waals surface area contributed by atoms with Crippen molar-refractivity contribution in [2.75, 3.05) is 64.5 Å². The Labute approximate surface area is 240 Å². The molecule has 8 nitrogen and oxygen atoms in total. The first-order chi connectivity index (χ1) is 18.6. The molecule has 4 heterocycles. The summed E-state index contributed by atoms with van der Waals surface area (Å²) in [4.78, 5) is 20.7. The Balaban J connectivity index is 1.36. The Kier molecular flexibility index (Phi) is 8.79. The van der Waals surface area contributed by atoms with Crippen LogP contribution in [0.5, 0.6) is 11.6 Å². The van der Waals surface area contributed by atoms with Crippen LogP contribution in [0.15, 0.2) is 42.7 Å². The quantitative estimate of drug-likeness (QED) is 0.312. The first-order valence-electron chi connectivity index (χ1n) is 13.3. The minimum absolute atomic E-state index is 0.308. The van der Waals surface area contributed by atoms with E-state index >= 15 is 0 Å². The van der Waals surface area contributed by atoms with Crippen molar-refractivity contribution < 1.29 is 9.30 Å². The molecule has 11 heteroatoms. The van der Waals surface area contributed by atoms with E-state index in [9.17, 15) is 4.57 Å². The molecule has 0 N–H and O–H groups in total. The van der Waals surface area contributed by atoms with Crippen LogP contribution in [0, 0.1) is 0 Å². The molecule has 2 aromatic heterocycles. The van der Waals surface area contributed by atoms with Crippen molar-refractivity contribution in [2.24, 2.45) is 0 Å². The summed E-state index contributed by atoms with van der Waals surface area (Å²) in [6, 6.07) is 9.42. The first-order valence-corrected chi connectivity index (χ1v) is 16.7. The largest absolute Gasteiger partial charge is 0.436 e. The van der Waals surface area contributed by atoms with Crippen LogP contribution in [-0.2, 0) is 11.1 Å². The number of ether oxygens (including phenoxy) is 1. The highest BCUT2D eigenvalue weighted by Gasteiger charge is 2.28. The monoisotopic (exact) mass is 588 g/mol. The smallest absolute Gasteiger partial charge is 0.225 e. The Bertz CT molecular complexity index is 1320. The van der Waals surface area contributed by atoms with Crippen LogP contribution >= 0.6 is 30.3 Å². The first kappa shape index (κ1) is 28.3. The van der Waals surface area contributed by atoms with Crippen molar-refractivity contribution >= 4 is 36.3 Å². The summed E-state index contributed by atoms with van der Waals surface area (Å²) in [6.45, 7) is 10.2. The molecule has 2 saturated heterocycles. The summed E-state index contributed by atoms with van der Waals surface area (Å²) in [5.41, 5.74) is 2.92. The van der Waals surface area contributed by atoms with Gasteiger partial charge in [0.15, 0.2) is 5.75 Å². The number of rotatable bonds is 7. The number of likely N-dealkylation sites (tertiary alicyclic amines) is 1. The fourth-order valence-corrected chi connectivity index (χ4v) is 7.16. The number of aromatic nitrogens is 3. The normalized spacial score (nSPS) is 17.9. The van der Waals surface area contributed by atoms with Crippen molar-refractivity contribution in [1.29, 1.82) is 0 Å². The fourth-order valence-electron chi connectivity index (χ4n) is 5.16. The van der Waals surface area contributed by atoms with Crippen LogP contribution in [0.2, 0.25) is 10.0 Å². The summed E-state index contributed by atoms with van der Waals surface area (Å²) >= 11 is 12.6. The summed E-state index contributed by atoms with van der Waals surface area (Å²) in [7, 11) is 0.0548. The summed E-state index contributed by atoms with van der Waals surface area (Å²) in [6.07, 6.45) is 5.30. The molecule has 5 rings (SSSR count). The van der Waals surface area contributed by atoms with E-state index in [1.165, 1.54) is 0 Å². The molecular weight excluding hydrogens is 554 g/mol. The third-order valence-electron chi connectivity index (χ3n) is 7.49. The van der Waals surface area contributed by atoms with Crippen molar-refractivity contribution in [3.63, 3.8) is 0 Å². The Morgan fingerprint density at radius 3 is 2.18 bits per heavy atom. The van der Waals surface area contributed by atoms with Gasteiger partial charge in [0.2, 0.25) is 11.8 Å². The van der Waals surface area contributed by atoms with E-state index in [1.54, 1.807) is 18.5 Å². The molecule has 0 bridgehead atoms. The average molecular weight is 590 g/mol. The summed E-state index contributed by atoms with van der Waals surface area (Å²) < 4.78 is 18.7. The van der Waals surface area contributed by atoms with Gasteiger partial charge in [-0.1, -0.05) is 23.2 Å². The van der Waals surface area contributed by atoms with E-state index in [4.69, 9.17) is 32.9 Å². The van der Waals surface area contributed by atoms with Gasteiger partial charge in [-0.3, -0.25) is 4.90 Å². The lowest BCUT2D eigenvalue weighted by Crippen LogP contribution is -2.45. The number of nitrogens with zero attached hydrogens (tertiary/aromatic N) is 6. The standard InChI is InChI=1S/C28H35Cl2N6O2P/c1-34-8-10-36(11-9-34)28-31-17-24(18-32-28)38-27-13-20(19-35-6-4-25(5-7-35)39(2,3)37)12-26(33-27)21-14-22(29)16-23(30)15-21/h12-18,25H,4-11,19H2,1-3H3. The van der Waals surface area contributed by atoms with E-state index in [0.717, 1.165) is 75.5 Å². The van der Waals surface area contributed by atoms with E-state index in [-0.39, 0.29) is 0 Å². The van der Waals surface area contributed by atoms with Gasteiger partial charge in [0.25, 0.3) is 0 Å². The highest BCUT2D eigenvalue weighted by Crippen LogP contribution is 2.47. The van der Waals surface area contributed by atoms with Crippen molar-refractivity contribution in [3.8, 4) is 22.9 Å². The van der Waals surface area contributed by atoms with Crippen LogP contribution in [-0.4, -0.2) is 90.1 Å². The molecular formula is C28H35Cl2N6O2P. The zero-order valence-corrected chi connectivity index (χ0v) is 25.1. The zero-order valence-electron chi connectivity index (χ0n) is 22.7. The molecule has 2 aliphatic rings. The number of benzene rings is 1. The molecule has 208 valence electrons. The second kappa shape index (κ2) is 12.1. The van der Waals surface area contributed by atoms with Gasteiger partial charge in [0.1, 0.15) is 0 Å². The lowest BCUT2D eigenvalue weighted by Gasteiger charge is -2.33. The van der Waals surface area contributed by atoms with E-state index in [1.807, 2.05) is 31.5 Å². The molecule has 2 fully saturated rings. The van der Waals surface area contributed by atoms with E-state index in [2.05, 4.69) is 37.8 Å². The van der Waals surface area contributed by atoms with Crippen LogP contribution < -0.4 is 9.64 Å². The second-order valence-electron chi connectivity index (χ2n) is 10.9. The number of likely N-dealkylation sites (N-methyl/N-ethyl adjacent to an activating group) is 1. The molecule has 0 radical (unpaired) electrons. The van der Waals surface area contributed by atoms with Gasteiger partial charge < -0.3 is 19.1 Å². The van der Waals surface area contributed by atoms with Gasteiger partial charge in [-0.25, -0.2) is 15.0 Å². The Morgan fingerprint density at radius 2 is 1.56 bits per heavy atom. The minimum Gasteiger partial charge on any atom is -0.436 e. The molecule has 3 aromatic rings. The number of piperazine rings is 1. The van der Waals surface area contributed by atoms with Crippen molar-refractivity contribution in [3.05, 3.63) is 58.3 Å². The lowest BCUT2D eigenvalue weighted by atomic mass is 10.1. The van der Waals surface area contributed by atoms with Gasteiger partial charge in [0.05, 0.1) is 25.2 Å². The predicted molar refractivity (Wildman–Crippen MR) is 159 cm³/mol. The molecule has 0 spiro atoms. The Morgan fingerprint density at radius 1 is 0.923 bits per heavy atom. The van der Waals surface area contributed by atoms with E-state index in [0.29, 0.717) is 33.3 Å². The number of halogens is 2. The maximum atomic E-state index is 12.6. The average Bonchev–Trinajstić information content (AvgIpc) is 2.89. The van der Waals surface area contributed by atoms with Gasteiger partial charge in [-0.2, -0.15) is 0 Å². The molecule has 0 saturated carbocycles. The molecule has 0 unspecified atom stereocenters. The number of hydrogen-bond donors (Lipinski definition) is 0. The van der Waals surface area contributed by atoms with Crippen LogP contribution in [0.4, 0.5) is 5.95 Å². The van der Waals surface area contributed by atoms with Gasteiger partial charge in [-0.05, 0) is 76.1 Å². The van der Waals surface area contributed by atoms with Crippen molar-refractivity contribution in [1.82, 2.24) is 24.8 Å². The van der Waals surface area contributed by atoms with Gasteiger partial charge >= 0.3 is 0 Å². The number of pyridine rings is 1. The highest BCUT2D eigenvalue weighted by atomic mass is 35.5.